The Morgan fingerprint density at radius 1 is 1.00 bits per heavy atom. The Bertz CT molecular complexity index is 724. The maximum absolute atomic E-state index is 12.4. The molecule has 2 aromatic carbocycles. The number of amides is 1. The van der Waals surface area contributed by atoms with Gasteiger partial charge in [-0.1, -0.05) is 38.1 Å². The van der Waals surface area contributed by atoms with Crippen LogP contribution in [0.5, 0.6) is 0 Å². The highest BCUT2D eigenvalue weighted by Crippen LogP contribution is 2.21. The van der Waals surface area contributed by atoms with E-state index < -0.39 is 12.0 Å². The summed E-state index contributed by atoms with van der Waals surface area (Å²) < 4.78 is 5.96. The van der Waals surface area contributed by atoms with Crippen molar-refractivity contribution in [3.63, 3.8) is 0 Å². The molecule has 2 rings (SSSR count). The van der Waals surface area contributed by atoms with Crippen LogP contribution in [0.1, 0.15) is 30.6 Å². The fourth-order valence-corrected chi connectivity index (χ4v) is 2.89. The highest BCUT2D eigenvalue weighted by molar-refractivity contribution is 14.1. The molecule has 5 heteroatoms. The Hall–Kier alpha value is -1.89. The molecule has 0 saturated heterocycles. The Morgan fingerprint density at radius 2 is 1.52 bits per heavy atom. The van der Waals surface area contributed by atoms with Crippen LogP contribution in [0.15, 0.2) is 48.5 Å². The predicted octanol–water partition coefficient (Wildman–Crippen LogP) is 4.28. The van der Waals surface area contributed by atoms with Crippen LogP contribution in [0, 0.1) is 9.49 Å². The second-order valence-electron chi connectivity index (χ2n) is 6.26. The number of esters is 1. The summed E-state index contributed by atoms with van der Waals surface area (Å²) in [6.45, 7) is 4.00. The molecule has 25 heavy (non-hydrogen) atoms. The van der Waals surface area contributed by atoms with E-state index in [1.54, 1.807) is 12.1 Å². The number of nitrogens with one attached hydrogen (secondary N) is 1. The minimum Gasteiger partial charge on any atom is -0.467 e. The van der Waals surface area contributed by atoms with Crippen LogP contribution in [0.4, 0.5) is 0 Å². The van der Waals surface area contributed by atoms with Gasteiger partial charge in [-0.15, -0.1) is 0 Å². The second-order valence-corrected chi connectivity index (χ2v) is 7.51. The van der Waals surface area contributed by atoms with Gasteiger partial charge in [-0.2, -0.15) is 0 Å². The third-order valence-electron chi connectivity index (χ3n) is 3.82. The van der Waals surface area contributed by atoms with Crippen molar-refractivity contribution in [1.82, 2.24) is 5.32 Å². The van der Waals surface area contributed by atoms with Crippen molar-refractivity contribution in [2.24, 2.45) is 5.92 Å². The van der Waals surface area contributed by atoms with Crippen molar-refractivity contribution >= 4 is 34.5 Å². The van der Waals surface area contributed by atoms with E-state index in [0.717, 1.165) is 11.1 Å². The van der Waals surface area contributed by atoms with Gasteiger partial charge in [0, 0.05) is 9.13 Å². The highest BCUT2D eigenvalue weighted by Gasteiger charge is 2.23. The van der Waals surface area contributed by atoms with Crippen molar-refractivity contribution in [3.8, 4) is 11.1 Å². The molecule has 0 fully saturated rings. The Kier molecular flexibility index (Phi) is 6.99. The fraction of sp³-hybridized carbons (Fsp3) is 0.300. The van der Waals surface area contributed by atoms with Gasteiger partial charge in [-0.25, -0.2) is 4.79 Å². The van der Waals surface area contributed by atoms with Crippen LogP contribution in [0.25, 0.3) is 11.1 Å². The number of carbonyl (C=O) groups is 2. The predicted molar refractivity (Wildman–Crippen MR) is 107 cm³/mol. The molecule has 0 aliphatic carbocycles. The summed E-state index contributed by atoms with van der Waals surface area (Å²) in [7, 11) is 1.33. The molecular weight excluding hydrogens is 429 g/mol. The first-order valence-electron chi connectivity index (χ1n) is 8.15. The zero-order valence-corrected chi connectivity index (χ0v) is 16.7. The minimum absolute atomic E-state index is 0.271. The van der Waals surface area contributed by atoms with Crippen LogP contribution >= 0.6 is 22.6 Å². The lowest BCUT2D eigenvalue weighted by Gasteiger charge is -2.18. The van der Waals surface area contributed by atoms with Gasteiger partial charge in [0.05, 0.1) is 7.11 Å². The van der Waals surface area contributed by atoms with E-state index in [1.165, 1.54) is 10.7 Å². The molecular formula is C20H22INO3. The number of carbonyl (C=O) groups excluding carboxylic acids is 2. The fourth-order valence-electron chi connectivity index (χ4n) is 2.53. The van der Waals surface area contributed by atoms with Gasteiger partial charge < -0.3 is 10.1 Å². The van der Waals surface area contributed by atoms with Gasteiger partial charge >= 0.3 is 5.97 Å². The van der Waals surface area contributed by atoms with E-state index in [4.69, 9.17) is 4.74 Å². The minimum atomic E-state index is -0.631. The number of methoxy groups -OCH3 is 1. The number of hydrogen-bond donors (Lipinski definition) is 1. The van der Waals surface area contributed by atoms with Crippen LogP contribution in [-0.2, 0) is 9.53 Å². The summed E-state index contributed by atoms with van der Waals surface area (Å²) >= 11 is 2.27. The topological polar surface area (TPSA) is 55.4 Å². The molecule has 0 aliphatic rings. The zero-order valence-electron chi connectivity index (χ0n) is 14.6. The van der Waals surface area contributed by atoms with Crippen molar-refractivity contribution in [2.75, 3.05) is 7.11 Å². The molecule has 2 aromatic rings. The van der Waals surface area contributed by atoms with Gasteiger partial charge in [-0.3, -0.25) is 4.79 Å². The summed E-state index contributed by atoms with van der Waals surface area (Å²) in [5, 5.41) is 2.77. The van der Waals surface area contributed by atoms with E-state index >= 15 is 0 Å². The lowest BCUT2D eigenvalue weighted by molar-refractivity contribution is -0.143. The lowest BCUT2D eigenvalue weighted by atomic mass is 10.0. The first-order valence-corrected chi connectivity index (χ1v) is 9.23. The van der Waals surface area contributed by atoms with Crippen LogP contribution in [0.2, 0.25) is 0 Å². The zero-order chi connectivity index (χ0) is 18.4. The smallest absolute Gasteiger partial charge is 0.328 e. The first kappa shape index (κ1) is 19.4. The third kappa shape index (κ3) is 5.56. The summed E-state index contributed by atoms with van der Waals surface area (Å²) in [5.74, 6) is -0.421. The van der Waals surface area contributed by atoms with Crippen molar-refractivity contribution in [1.29, 1.82) is 0 Å². The summed E-state index contributed by atoms with van der Waals surface area (Å²) in [4.78, 5) is 24.3. The first-order chi connectivity index (χ1) is 11.9. The maximum Gasteiger partial charge on any atom is 0.328 e. The van der Waals surface area contributed by atoms with E-state index in [2.05, 4.69) is 27.9 Å². The third-order valence-corrected chi connectivity index (χ3v) is 4.54. The Labute approximate surface area is 162 Å². The summed E-state index contributed by atoms with van der Waals surface area (Å²) in [6, 6.07) is 14.9. The van der Waals surface area contributed by atoms with Crippen molar-refractivity contribution in [3.05, 3.63) is 57.7 Å². The highest BCUT2D eigenvalue weighted by atomic mass is 127. The lowest BCUT2D eigenvalue weighted by Crippen LogP contribution is -2.42. The maximum atomic E-state index is 12.4. The van der Waals surface area contributed by atoms with Gasteiger partial charge in [0.25, 0.3) is 5.91 Å². The molecule has 0 aromatic heterocycles. The van der Waals surface area contributed by atoms with Crippen molar-refractivity contribution in [2.45, 2.75) is 26.3 Å². The molecule has 0 spiro atoms. The SMILES string of the molecule is COC(=O)[C@H](CC(C)C)NC(=O)c1ccc(-c2ccc(I)cc2)cc1. The van der Waals surface area contributed by atoms with Gasteiger partial charge in [0.2, 0.25) is 0 Å². The number of halogens is 1. The molecule has 4 nitrogen and oxygen atoms in total. The normalized spacial score (nSPS) is 11.9. The average Bonchev–Trinajstić information content (AvgIpc) is 2.61. The standard InChI is InChI=1S/C20H22INO3/c1-13(2)12-18(20(24)25-3)22-19(23)16-6-4-14(5-7-16)15-8-10-17(21)11-9-15/h4-11,13,18H,12H2,1-3H3,(H,22,23)/t18-/m0/s1. The molecule has 0 bridgehead atoms. The molecule has 132 valence electrons. The molecule has 0 saturated carbocycles. The van der Waals surface area contributed by atoms with Gasteiger partial charge in [-0.05, 0) is 70.3 Å². The molecule has 0 radical (unpaired) electrons. The molecule has 1 N–H and O–H groups in total. The number of ether oxygens (including phenoxy) is 1. The van der Waals surface area contributed by atoms with Crippen LogP contribution in [0.3, 0.4) is 0 Å². The molecule has 0 heterocycles. The van der Waals surface area contributed by atoms with E-state index in [9.17, 15) is 9.59 Å². The molecule has 1 amide bonds. The molecule has 1 atom stereocenters. The van der Waals surface area contributed by atoms with Crippen molar-refractivity contribution < 1.29 is 14.3 Å². The summed E-state index contributed by atoms with van der Waals surface area (Å²) in [5.41, 5.74) is 2.66. The van der Waals surface area contributed by atoms with Gasteiger partial charge in [0.1, 0.15) is 6.04 Å². The number of hydrogen-bond acceptors (Lipinski definition) is 3. The second kappa shape index (κ2) is 8.99. The Balaban J connectivity index is 2.11. The van der Waals surface area contributed by atoms with E-state index in [1.807, 2.05) is 50.2 Å². The monoisotopic (exact) mass is 451 g/mol. The number of benzene rings is 2. The largest absolute Gasteiger partial charge is 0.467 e. The van der Waals surface area contributed by atoms with E-state index in [-0.39, 0.29) is 11.8 Å². The van der Waals surface area contributed by atoms with Crippen LogP contribution in [-0.4, -0.2) is 25.0 Å². The molecule has 0 unspecified atom stereocenters. The Morgan fingerprint density at radius 3 is 2.00 bits per heavy atom. The van der Waals surface area contributed by atoms with Crippen LogP contribution < -0.4 is 5.32 Å². The quantitative estimate of drug-likeness (QED) is 0.527. The average molecular weight is 451 g/mol. The summed E-state index contributed by atoms with van der Waals surface area (Å²) in [6.07, 6.45) is 0.541. The molecule has 0 aliphatic heterocycles. The van der Waals surface area contributed by atoms with E-state index in [0.29, 0.717) is 12.0 Å². The number of rotatable bonds is 6. The van der Waals surface area contributed by atoms with Gasteiger partial charge in [0.15, 0.2) is 0 Å².